The molecule has 82 valence electrons. The van der Waals surface area contributed by atoms with Crippen LogP contribution >= 0.6 is 0 Å². The molecular formula is C13H18O2. The summed E-state index contributed by atoms with van der Waals surface area (Å²) in [5.41, 5.74) is 1.30. The van der Waals surface area contributed by atoms with E-state index >= 15 is 0 Å². The van der Waals surface area contributed by atoms with Gasteiger partial charge in [-0.3, -0.25) is 0 Å². The number of ether oxygens (including phenoxy) is 1. The lowest BCUT2D eigenvalue weighted by Crippen LogP contribution is -2.21. The van der Waals surface area contributed by atoms with E-state index in [0.717, 1.165) is 31.6 Å². The zero-order chi connectivity index (χ0) is 10.7. The summed E-state index contributed by atoms with van der Waals surface area (Å²) in [6, 6.07) is 8.22. The van der Waals surface area contributed by atoms with Gasteiger partial charge < -0.3 is 9.84 Å². The fourth-order valence-electron chi connectivity index (χ4n) is 2.05. The Morgan fingerprint density at radius 2 is 2.27 bits per heavy atom. The Kier molecular flexibility index (Phi) is 3.27. The van der Waals surface area contributed by atoms with E-state index in [1.54, 1.807) is 0 Å². The van der Waals surface area contributed by atoms with E-state index in [1.807, 2.05) is 19.1 Å². The molecule has 1 aliphatic heterocycles. The van der Waals surface area contributed by atoms with Crippen molar-refractivity contribution in [1.29, 1.82) is 0 Å². The lowest BCUT2D eigenvalue weighted by Gasteiger charge is -2.25. The van der Waals surface area contributed by atoms with Gasteiger partial charge in [0.2, 0.25) is 0 Å². The van der Waals surface area contributed by atoms with Crippen LogP contribution in [-0.2, 0) is 6.42 Å². The first-order valence-electron chi connectivity index (χ1n) is 5.64. The SMILES string of the molecule is C[C@@H](O)CCC1COc2ccccc2C1. The average Bonchev–Trinajstić information content (AvgIpc) is 2.26. The second kappa shape index (κ2) is 4.67. The van der Waals surface area contributed by atoms with Crippen molar-refractivity contribution in [3.05, 3.63) is 29.8 Å². The first kappa shape index (κ1) is 10.5. The second-order valence-electron chi connectivity index (χ2n) is 4.42. The Hall–Kier alpha value is -1.02. The molecule has 2 nitrogen and oxygen atoms in total. The summed E-state index contributed by atoms with van der Waals surface area (Å²) >= 11 is 0. The Morgan fingerprint density at radius 1 is 1.47 bits per heavy atom. The molecular weight excluding hydrogens is 188 g/mol. The standard InChI is InChI=1S/C13H18O2/c1-10(14)6-7-11-8-12-4-2-3-5-13(12)15-9-11/h2-5,10-11,14H,6-9H2,1H3/t10-,11?/m1/s1. The molecule has 15 heavy (non-hydrogen) atoms. The summed E-state index contributed by atoms with van der Waals surface area (Å²) in [5.74, 6) is 1.60. The van der Waals surface area contributed by atoms with Crippen LogP contribution in [-0.4, -0.2) is 17.8 Å². The molecule has 0 saturated carbocycles. The quantitative estimate of drug-likeness (QED) is 0.823. The van der Waals surface area contributed by atoms with Gasteiger partial charge in [0, 0.05) is 0 Å². The van der Waals surface area contributed by atoms with Gasteiger partial charge in [-0.05, 0) is 43.7 Å². The molecule has 0 amide bonds. The van der Waals surface area contributed by atoms with Crippen molar-refractivity contribution in [1.82, 2.24) is 0 Å². The van der Waals surface area contributed by atoms with E-state index in [4.69, 9.17) is 4.74 Å². The van der Waals surface area contributed by atoms with Crippen LogP contribution < -0.4 is 4.74 Å². The number of hydrogen-bond donors (Lipinski definition) is 1. The normalized spacial score (nSPS) is 21.6. The monoisotopic (exact) mass is 206 g/mol. The highest BCUT2D eigenvalue weighted by atomic mass is 16.5. The fraction of sp³-hybridized carbons (Fsp3) is 0.538. The number of fused-ring (bicyclic) bond motifs is 1. The maximum absolute atomic E-state index is 9.24. The summed E-state index contributed by atoms with van der Waals surface area (Å²) in [6.45, 7) is 2.64. The Labute approximate surface area is 90.9 Å². The minimum absolute atomic E-state index is 0.192. The van der Waals surface area contributed by atoms with Crippen molar-refractivity contribution in [2.24, 2.45) is 5.92 Å². The molecule has 0 bridgehead atoms. The third-order valence-corrected chi connectivity index (χ3v) is 2.95. The molecule has 1 aliphatic rings. The molecule has 1 N–H and O–H groups in total. The summed E-state index contributed by atoms with van der Waals surface area (Å²) < 4.78 is 5.69. The number of aliphatic hydroxyl groups excluding tert-OH is 1. The molecule has 0 spiro atoms. The average molecular weight is 206 g/mol. The summed E-state index contributed by atoms with van der Waals surface area (Å²) in [7, 11) is 0. The van der Waals surface area contributed by atoms with E-state index in [-0.39, 0.29) is 6.10 Å². The van der Waals surface area contributed by atoms with Gasteiger partial charge in [0.1, 0.15) is 5.75 Å². The van der Waals surface area contributed by atoms with Gasteiger partial charge in [-0.2, -0.15) is 0 Å². The molecule has 2 heteroatoms. The Bertz CT molecular complexity index is 320. The first-order chi connectivity index (χ1) is 7.25. The minimum Gasteiger partial charge on any atom is -0.493 e. The summed E-state index contributed by atoms with van der Waals surface area (Å²) in [5, 5.41) is 9.24. The van der Waals surface area contributed by atoms with Crippen LogP contribution in [0.3, 0.4) is 0 Å². The molecule has 0 aliphatic carbocycles. The molecule has 0 fully saturated rings. The van der Waals surface area contributed by atoms with Crippen LogP contribution in [0.1, 0.15) is 25.3 Å². The predicted molar refractivity (Wildman–Crippen MR) is 60.0 cm³/mol. The van der Waals surface area contributed by atoms with Gasteiger partial charge in [-0.15, -0.1) is 0 Å². The molecule has 1 aromatic rings. The highest BCUT2D eigenvalue weighted by Crippen LogP contribution is 2.28. The molecule has 0 radical (unpaired) electrons. The van der Waals surface area contributed by atoms with Crippen molar-refractivity contribution < 1.29 is 9.84 Å². The van der Waals surface area contributed by atoms with Crippen molar-refractivity contribution in [3.8, 4) is 5.75 Å². The maximum atomic E-state index is 9.24. The van der Waals surface area contributed by atoms with E-state index in [9.17, 15) is 5.11 Å². The van der Waals surface area contributed by atoms with Gasteiger partial charge in [0.15, 0.2) is 0 Å². The van der Waals surface area contributed by atoms with Crippen LogP contribution in [0.5, 0.6) is 5.75 Å². The largest absolute Gasteiger partial charge is 0.493 e. The summed E-state index contributed by atoms with van der Waals surface area (Å²) in [6.07, 6.45) is 2.81. The van der Waals surface area contributed by atoms with Gasteiger partial charge in [-0.25, -0.2) is 0 Å². The Balaban J connectivity index is 1.94. The third-order valence-electron chi connectivity index (χ3n) is 2.95. The van der Waals surface area contributed by atoms with Crippen LogP contribution in [0.15, 0.2) is 24.3 Å². The van der Waals surface area contributed by atoms with Gasteiger partial charge in [-0.1, -0.05) is 18.2 Å². The second-order valence-corrected chi connectivity index (χ2v) is 4.42. The molecule has 0 aromatic heterocycles. The topological polar surface area (TPSA) is 29.5 Å². The zero-order valence-corrected chi connectivity index (χ0v) is 9.15. The van der Waals surface area contributed by atoms with Gasteiger partial charge in [0.05, 0.1) is 12.7 Å². The molecule has 0 saturated heterocycles. The van der Waals surface area contributed by atoms with E-state index in [0.29, 0.717) is 5.92 Å². The maximum Gasteiger partial charge on any atom is 0.122 e. The lowest BCUT2D eigenvalue weighted by molar-refractivity contribution is 0.153. The zero-order valence-electron chi connectivity index (χ0n) is 9.15. The van der Waals surface area contributed by atoms with Crippen molar-refractivity contribution in [2.75, 3.05) is 6.61 Å². The number of rotatable bonds is 3. The van der Waals surface area contributed by atoms with Gasteiger partial charge in [0.25, 0.3) is 0 Å². The highest BCUT2D eigenvalue weighted by Gasteiger charge is 2.19. The van der Waals surface area contributed by atoms with E-state index in [2.05, 4.69) is 12.1 Å². The van der Waals surface area contributed by atoms with Gasteiger partial charge >= 0.3 is 0 Å². The van der Waals surface area contributed by atoms with Crippen LogP contribution in [0.25, 0.3) is 0 Å². The highest BCUT2D eigenvalue weighted by molar-refractivity contribution is 5.34. The van der Waals surface area contributed by atoms with Crippen LogP contribution in [0.2, 0.25) is 0 Å². The number of benzene rings is 1. The molecule has 2 rings (SSSR count). The third kappa shape index (κ3) is 2.72. The molecule has 2 atom stereocenters. The molecule has 1 heterocycles. The van der Waals surface area contributed by atoms with Crippen molar-refractivity contribution in [3.63, 3.8) is 0 Å². The number of aliphatic hydroxyl groups is 1. The van der Waals surface area contributed by atoms with Crippen molar-refractivity contribution >= 4 is 0 Å². The lowest BCUT2D eigenvalue weighted by atomic mass is 9.92. The van der Waals surface area contributed by atoms with Crippen LogP contribution in [0.4, 0.5) is 0 Å². The number of hydrogen-bond acceptors (Lipinski definition) is 2. The van der Waals surface area contributed by atoms with E-state index in [1.165, 1.54) is 5.56 Å². The fourth-order valence-corrected chi connectivity index (χ4v) is 2.05. The predicted octanol–water partition coefficient (Wildman–Crippen LogP) is 2.40. The number of para-hydroxylation sites is 1. The van der Waals surface area contributed by atoms with Crippen LogP contribution in [0, 0.1) is 5.92 Å². The smallest absolute Gasteiger partial charge is 0.122 e. The van der Waals surface area contributed by atoms with E-state index < -0.39 is 0 Å². The minimum atomic E-state index is -0.192. The Morgan fingerprint density at radius 3 is 3.07 bits per heavy atom. The molecule has 1 aromatic carbocycles. The molecule has 1 unspecified atom stereocenters. The summed E-state index contributed by atoms with van der Waals surface area (Å²) in [4.78, 5) is 0. The first-order valence-corrected chi connectivity index (χ1v) is 5.64. The van der Waals surface area contributed by atoms with Crippen molar-refractivity contribution in [2.45, 2.75) is 32.3 Å².